The van der Waals surface area contributed by atoms with E-state index in [9.17, 15) is 0 Å². The number of nitrogens with one attached hydrogen (secondary N) is 1. The third-order valence-corrected chi connectivity index (χ3v) is 2.94. The number of nitrogens with zero attached hydrogens (tertiary/aromatic N) is 4. The van der Waals surface area contributed by atoms with Crippen LogP contribution in [0, 0.1) is 5.92 Å². The van der Waals surface area contributed by atoms with Crippen molar-refractivity contribution in [1.29, 1.82) is 0 Å². The fraction of sp³-hybridized carbons (Fsp3) is 0.571. The average Bonchev–Trinajstić information content (AvgIpc) is 2.95. The van der Waals surface area contributed by atoms with Crippen molar-refractivity contribution in [2.24, 2.45) is 13.0 Å². The Morgan fingerprint density at radius 3 is 2.89 bits per heavy atom. The molecule has 2 aromatic rings. The summed E-state index contributed by atoms with van der Waals surface area (Å²) in [5, 5.41) is 12.1. The lowest BCUT2D eigenvalue weighted by Gasteiger charge is -2.05. The molecule has 0 radical (unpaired) electrons. The van der Waals surface area contributed by atoms with Gasteiger partial charge in [-0.2, -0.15) is 10.2 Å². The molecule has 0 saturated carbocycles. The molecule has 2 aromatic heterocycles. The number of rotatable bonds is 7. The van der Waals surface area contributed by atoms with Gasteiger partial charge in [-0.25, -0.2) is 0 Å². The van der Waals surface area contributed by atoms with E-state index in [1.165, 1.54) is 5.56 Å². The van der Waals surface area contributed by atoms with Crippen molar-refractivity contribution < 1.29 is 0 Å². The highest BCUT2D eigenvalue weighted by Gasteiger charge is 2.01. The van der Waals surface area contributed by atoms with Crippen molar-refractivity contribution in [3.63, 3.8) is 0 Å². The van der Waals surface area contributed by atoms with Crippen LogP contribution in [0.4, 0.5) is 0 Å². The highest BCUT2D eigenvalue weighted by molar-refractivity contribution is 5.04. The Hall–Kier alpha value is -1.62. The Bertz CT molecular complexity index is 497. The number of aryl methyl sites for hydroxylation is 3. The molecule has 0 atom stereocenters. The molecular weight excluding hydrogens is 238 g/mol. The smallest absolute Gasteiger partial charge is 0.0762 e. The zero-order valence-corrected chi connectivity index (χ0v) is 12.0. The summed E-state index contributed by atoms with van der Waals surface area (Å²) in [6, 6.07) is 2.08. The molecule has 0 aliphatic rings. The number of aromatic nitrogens is 4. The molecule has 104 valence electrons. The zero-order chi connectivity index (χ0) is 13.7. The minimum atomic E-state index is 0.674. The summed E-state index contributed by atoms with van der Waals surface area (Å²) < 4.78 is 3.83. The molecule has 0 saturated heterocycles. The summed E-state index contributed by atoms with van der Waals surface area (Å²) in [5.74, 6) is 0.674. The van der Waals surface area contributed by atoms with Gasteiger partial charge in [-0.05, 0) is 30.5 Å². The zero-order valence-electron chi connectivity index (χ0n) is 12.0. The lowest BCUT2D eigenvalue weighted by Crippen LogP contribution is -2.19. The van der Waals surface area contributed by atoms with Crippen molar-refractivity contribution in [3.05, 3.63) is 35.9 Å². The largest absolute Gasteiger partial charge is 0.311 e. The lowest BCUT2D eigenvalue weighted by molar-refractivity contribution is 0.538. The summed E-state index contributed by atoms with van der Waals surface area (Å²) >= 11 is 0. The molecule has 0 spiro atoms. The van der Waals surface area contributed by atoms with Crippen LogP contribution < -0.4 is 5.32 Å². The van der Waals surface area contributed by atoms with Crippen molar-refractivity contribution >= 4 is 0 Å². The van der Waals surface area contributed by atoms with Gasteiger partial charge < -0.3 is 5.32 Å². The molecule has 2 rings (SSSR count). The van der Waals surface area contributed by atoms with E-state index in [1.807, 2.05) is 28.8 Å². The standard InChI is InChI=1S/C14H23N5/c1-12(2)8-15-10-14-5-7-19(17-14)6-4-13-9-16-18(3)11-13/h5,7,9,11-12,15H,4,6,8,10H2,1-3H3. The molecule has 0 unspecified atom stereocenters. The maximum Gasteiger partial charge on any atom is 0.0762 e. The molecule has 0 bridgehead atoms. The Balaban J connectivity index is 1.77. The van der Waals surface area contributed by atoms with Crippen LogP contribution in [0.2, 0.25) is 0 Å². The Labute approximate surface area is 114 Å². The molecular formula is C14H23N5. The molecule has 0 fully saturated rings. The Kier molecular flexibility index (Phi) is 4.74. The first-order valence-electron chi connectivity index (χ1n) is 6.84. The normalized spacial score (nSPS) is 11.4. The summed E-state index contributed by atoms with van der Waals surface area (Å²) in [5.41, 5.74) is 2.35. The molecule has 0 amide bonds. The van der Waals surface area contributed by atoms with Crippen molar-refractivity contribution in [2.75, 3.05) is 6.54 Å². The van der Waals surface area contributed by atoms with Gasteiger partial charge in [0.15, 0.2) is 0 Å². The fourth-order valence-corrected chi connectivity index (χ4v) is 1.96. The van der Waals surface area contributed by atoms with Crippen molar-refractivity contribution in [1.82, 2.24) is 24.9 Å². The maximum absolute atomic E-state index is 4.56. The monoisotopic (exact) mass is 261 g/mol. The third-order valence-electron chi connectivity index (χ3n) is 2.94. The van der Waals surface area contributed by atoms with Crippen molar-refractivity contribution in [3.8, 4) is 0 Å². The van der Waals surface area contributed by atoms with E-state index in [4.69, 9.17) is 0 Å². The van der Waals surface area contributed by atoms with Crippen LogP contribution >= 0.6 is 0 Å². The maximum atomic E-state index is 4.56. The number of hydrogen-bond acceptors (Lipinski definition) is 3. The van der Waals surface area contributed by atoms with Crippen LogP contribution in [-0.4, -0.2) is 26.1 Å². The Morgan fingerprint density at radius 1 is 1.37 bits per heavy atom. The lowest BCUT2D eigenvalue weighted by atomic mass is 10.2. The van der Waals surface area contributed by atoms with Gasteiger partial charge >= 0.3 is 0 Å². The highest BCUT2D eigenvalue weighted by Crippen LogP contribution is 2.02. The van der Waals surface area contributed by atoms with E-state index in [1.54, 1.807) is 0 Å². The Morgan fingerprint density at radius 2 is 2.21 bits per heavy atom. The van der Waals surface area contributed by atoms with Crippen LogP contribution in [0.1, 0.15) is 25.1 Å². The van der Waals surface area contributed by atoms with Gasteiger partial charge in [-0.1, -0.05) is 13.8 Å². The van der Waals surface area contributed by atoms with E-state index in [2.05, 4.69) is 41.6 Å². The van der Waals surface area contributed by atoms with Gasteiger partial charge in [0.05, 0.1) is 11.9 Å². The van der Waals surface area contributed by atoms with E-state index in [0.717, 1.165) is 31.7 Å². The molecule has 0 aliphatic carbocycles. The van der Waals surface area contributed by atoms with Gasteiger partial charge in [-0.3, -0.25) is 9.36 Å². The minimum Gasteiger partial charge on any atom is -0.311 e. The third kappa shape index (κ3) is 4.52. The van der Waals surface area contributed by atoms with Crippen LogP contribution in [0.25, 0.3) is 0 Å². The predicted octanol–water partition coefficient (Wildman–Crippen LogP) is 1.60. The van der Waals surface area contributed by atoms with Gasteiger partial charge in [0.25, 0.3) is 0 Å². The van der Waals surface area contributed by atoms with Gasteiger partial charge in [-0.15, -0.1) is 0 Å². The van der Waals surface area contributed by atoms with Crippen LogP contribution in [0.3, 0.4) is 0 Å². The van der Waals surface area contributed by atoms with Crippen LogP contribution in [0.15, 0.2) is 24.7 Å². The van der Waals surface area contributed by atoms with E-state index in [0.29, 0.717) is 5.92 Å². The molecule has 0 aliphatic heterocycles. The summed E-state index contributed by atoms with van der Waals surface area (Å²) in [7, 11) is 1.94. The predicted molar refractivity (Wildman–Crippen MR) is 75.7 cm³/mol. The average molecular weight is 261 g/mol. The van der Waals surface area contributed by atoms with Crippen molar-refractivity contribution in [2.45, 2.75) is 33.4 Å². The highest BCUT2D eigenvalue weighted by atomic mass is 15.3. The fourth-order valence-electron chi connectivity index (χ4n) is 1.96. The van der Waals surface area contributed by atoms with E-state index < -0.39 is 0 Å². The molecule has 19 heavy (non-hydrogen) atoms. The van der Waals surface area contributed by atoms with Crippen LogP contribution in [0.5, 0.6) is 0 Å². The van der Waals surface area contributed by atoms with Crippen LogP contribution in [-0.2, 0) is 26.6 Å². The quantitative estimate of drug-likeness (QED) is 0.823. The second-order valence-corrected chi connectivity index (χ2v) is 5.37. The second kappa shape index (κ2) is 6.52. The molecule has 5 nitrogen and oxygen atoms in total. The molecule has 0 aromatic carbocycles. The SMILES string of the molecule is CC(C)CNCc1ccn(CCc2cnn(C)c2)n1. The first kappa shape index (κ1) is 13.8. The first-order valence-corrected chi connectivity index (χ1v) is 6.84. The molecule has 5 heteroatoms. The number of hydrogen-bond donors (Lipinski definition) is 1. The topological polar surface area (TPSA) is 47.7 Å². The van der Waals surface area contributed by atoms with E-state index >= 15 is 0 Å². The summed E-state index contributed by atoms with van der Waals surface area (Å²) in [6.07, 6.45) is 6.97. The second-order valence-electron chi connectivity index (χ2n) is 5.37. The first-order chi connectivity index (χ1) is 9.13. The molecule has 2 heterocycles. The summed E-state index contributed by atoms with van der Waals surface area (Å²) in [6.45, 7) is 7.19. The van der Waals surface area contributed by atoms with E-state index in [-0.39, 0.29) is 0 Å². The summed E-state index contributed by atoms with van der Waals surface area (Å²) in [4.78, 5) is 0. The van der Waals surface area contributed by atoms with Gasteiger partial charge in [0.1, 0.15) is 0 Å². The minimum absolute atomic E-state index is 0.674. The van der Waals surface area contributed by atoms with Gasteiger partial charge in [0, 0.05) is 32.5 Å². The molecule has 1 N–H and O–H groups in total. The van der Waals surface area contributed by atoms with Gasteiger partial charge in [0.2, 0.25) is 0 Å².